The summed E-state index contributed by atoms with van der Waals surface area (Å²) in [5.74, 6) is -2.15. The van der Waals surface area contributed by atoms with E-state index in [1.807, 2.05) is 0 Å². The average molecular weight is 360 g/mol. The molecule has 100 valence electrons. The van der Waals surface area contributed by atoms with Crippen LogP contribution in [0.2, 0.25) is 0 Å². The van der Waals surface area contributed by atoms with E-state index in [-0.39, 0.29) is 11.1 Å². The Morgan fingerprint density at radius 2 is 2.11 bits per heavy atom. The molecule has 1 rings (SSSR count). The van der Waals surface area contributed by atoms with Crippen LogP contribution in [0, 0.1) is 5.82 Å². The summed E-state index contributed by atoms with van der Waals surface area (Å²) in [6, 6.07) is 2.12. The maximum atomic E-state index is 13.8. The van der Waals surface area contributed by atoms with Crippen molar-refractivity contribution >= 4 is 41.6 Å². The van der Waals surface area contributed by atoms with Crippen molar-refractivity contribution in [2.45, 2.75) is 18.2 Å². The molecule has 0 saturated carbocycles. The number of hydrogen-bond donors (Lipinski definition) is 0. The van der Waals surface area contributed by atoms with Crippen molar-refractivity contribution in [1.82, 2.24) is 0 Å². The fourth-order valence-electron chi connectivity index (χ4n) is 1.16. The zero-order chi connectivity index (χ0) is 13.9. The normalized spacial score (nSPS) is 11.3. The molecule has 0 bridgehead atoms. The maximum Gasteiger partial charge on any atom is 0.341 e. The van der Waals surface area contributed by atoms with Gasteiger partial charge in [0.15, 0.2) is 5.82 Å². The van der Waals surface area contributed by atoms with Crippen LogP contribution in [0.25, 0.3) is 0 Å². The Kier molecular flexibility index (Phi) is 5.12. The molecule has 4 nitrogen and oxygen atoms in total. The molecule has 0 aliphatic heterocycles. The number of ether oxygens (including phenoxy) is 1. The summed E-state index contributed by atoms with van der Waals surface area (Å²) in [6.45, 7) is 1.90. The predicted octanol–water partition coefficient (Wildman–Crippen LogP) is 3.08. The van der Waals surface area contributed by atoms with Crippen LogP contribution in [0.3, 0.4) is 0 Å². The van der Waals surface area contributed by atoms with E-state index in [2.05, 4.69) is 15.9 Å². The van der Waals surface area contributed by atoms with Crippen LogP contribution in [0.5, 0.6) is 0 Å². The fourth-order valence-corrected chi connectivity index (χ4v) is 2.70. The first-order valence-corrected chi connectivity index (χ1v) is 7.98. The van der Waals surface area contributed by atoms with E-state index in [9.17, 15) is 17.6 Å². The van der Waals surface area contributed by atoms with Crippen LogP contribution < -0.4 is 0 Å². The third kappa shape index (κ3) is 3.66. The Bertz CT molecular complexity index is 573. The van der Waals surface area contributed by atoms with Gasteiger partial charge in [-0.15, -0.1) is 0 Å². The second kappa shape index (κ2) is 5.99. The van der Waals surface area contributed by atoms with Crippen molar-refractivity contribution in [3.05, 3.63) is 28.0 Å². The summed E-state index contributed by atoms with van der Waals surface area (Å²) in [6.07, 6.45) is 0.571. The molecule has 0 spiro atoms. The lowest BCUT2D eigenvalue weighted by Gasteiger charge is -2.07. The van der Waals surface area contributed by atoms with Crippen molar-refractivity contribution in [2.75, 3.05) is 6.61 Å². The maximum absolute atomic E-state index is 13.8. The monoisotopic (exact) mass is 358 g/mol. The van der Waals surface area contributed by atoms with Gasteiger partial charge >= 0.3 is 5.97 Å². The van der Waals surface area contributed by atoms with Crippen molar-refractivity contribution < 1.29 is 22.3 Å². The smallest absolute Gasteiger partial charge is 0.341 e. The van der Waals surface area contributed by atoms with Crippen molar-refractivity contribution in [1.29, 1.82) is 0 Å². The van der Waals surface area contributed by atoms with E-state index in [4.69, 9.17) is 15.4 Å². The molecule has 18 heavy (non-hydrogen) atoms. The molecule has 0 saturated heterocycles. The molecule has 0 unspecified atom stereocenters. The van der Waals surface area contributed by atoms with Crippen molar-refractivity contribution in [3.63, 3.8) is 0 Å². The number of halogens is 3. The Balaban J connectivity index is 3.30. The lowest BCUT2D eigenvalue weighted by molar-refractivity contribution is 0.0499. The van der Waals surface area contributed by atoms with Crippen LogP contribution in [0.15, 0.2) is 21.5 Å². The van der Waals surface area contributed by atoms with Gasteiger partial charge in [0.25, 0.3) is 9.05 Å². The minimum absolute atomic E-state index is 0.119. The Hall–Kier alpha value is -0.660. The molecule has 0 aliphatic rings. The Morgan fingerprint density at radius 1 is 1.50 bits per heavy atom. The quantitative estimate of drug-likeness (QED) is 0.612. The highest BCUT2D eigenvalue weighted by Gasteiger charge is 2.24. The minimum atomic E-state index is -4.27. The number of benzene rings is 1. The largest absolute Gasteiger partial charge is 0.462 e. The molecule has 0 radical (unpaired) electrons. The summed E-state index contributed by atoms with van der Waals surface area (Å²) in [7, 11) is 0.803. The molecule has 0 aromatic heterocycles. The van der Waals surface area contributed by atoms with E-state index >= 15 is 0 Å². The van der Waals surface area contributed by atoms with Crippen molar-refractivity contribution in [3.8, 4) is 0 Å². The molecule has 8 heteroatoms. The molecule has 0 N–H and O–H groups in total. The fraction of sp³-hybridized carbons (Fsp3) is 0.300. The highest BCUT2D eigenvalue weighted by atomic mass is 79.9. The number of rotatable bonds is 4. The molecule has 0 heterocycles. The van der Waals surface area contributed by atoms with E-state index in [1.165, 1.54) is 0 Å². The van der Waals surface area contributed by atoms with E-state index in [0.717, 1.165) is 12.1 Å². The summed E-state index contributed by atoms with van der Waals surface area (Å²) in [5.41, 5.74) is -0.475. The highest BCUT2D eigenvalue weighted by Crippen LogP contribution is 2.27. The van der Waals surface area contributed by atoms with Gasteiger partial charge in [-0.25, -0.2) is 17.6 Å². The first kappa shape index (κ1) is 15.4. The lowest BCUT2D eigenvalue weighted by Crippen LogP contribution is -2.10. The van der Waals surface area contributed by atoms with Crippen molar-refractivity contribution in [2.24, 2.45) is 0 Å². The minimum Gasteiger partial charge on any atom is -0.462 e. The SMILES string of the molecule is CCCOC(=O)c1cc(Br)cc(S(=O)(=O)Cl)c1F. The molecule has 1 aromatic rings. The van der Waals surface area contributed by atoms with Gasteiger partial charge in [0.05, 0.1) is 12.2 Å². The molecule has 0 atom stereocenters. The summed E-state index contributed by atoms with van der Waals surface area (Å²) < 4.78 is 41.1. The van der Waals surface area contributed by atoms with Crippen LogP contribution in [0.1, 0.15) is 23.7 Å². The van der Waals surface area contributed by atoms with Crippen LogP contribution in [-0.2, 0) is 13.8 Å². The first-order valence-electron chi connectivity index (χ1n) is 4.88. The van der Waals surface area contributed by atoms with Gasteiger partial charge in [-0.3, -0.25) is 0 Å². The molecule has 0 fully saturated rings. The van der Waals surface area contributed by atoms with Gasteiger partial charge in [-0.1, -0.05) is 22.9 Å². The van der Waals surface area contributed by atoms with Gasteiger partial charge in [0.1, 0.15) is 4.90 Å². The number of esters is 1. The molecule has 0 aliphatic carbocycles. The average Bonchev–Trinajstić information content (AvgIpc) is 2.27. The van der Waals surface area contributed by atoms with Gasteiger partial charge in [-0.2, -0.15) is 0 Å². The van der Waals surface area contributed by atoms with E-state index < -0.39 is 31.3 Å². The van der Waals surface area contributed by atoms with E-state index in [1.54, 1.807) is 6.92 Å². The molecular weight excluding hydrogens is 351 g/mol. The molecular formula is C10H9BrClFO4S. The van der Waals surface area contributed by atoms with Crippen LogP contribution >= 0.6 is 26.6 Å². The predicted molar refractivity (Wildman–Crippen MR) is 67.7 cm³/mol. The number of carbonyl (C=O) groups excluding carboxylic acids is 1. The van der Waals surface area contributed by atoms with Crippen LogP contribution in [-0.4, -0.2) is 21.0 Å². The summed E-state index contributed by atoms with van der Waals surface area (Å²) >= 11 is 2.98. The Morgan fingerprint density at radius 3 is 2.61 bits per heavy atom. The number of carbonyl (C=O) groups is 1. The topological polar surface area (TPSA) is 60.4 Å². The second-order valence-electron chi connectivity index (χ2n) is 3.34. The highest BCUT2D eigenvalue weighted by molar-refractivity contribution is 9.10. The lowest BCUT2D eigenvalue weighted by atomic mass is 10.2. The van der Waals surface area contributed by atoms with Gasteiger partial charge in [0.2, 0.25) is 0 Å². The van der Waals surface area contributed by atoms with Crippen LogP contribution in [0.4, 0.5) is 4.39 Å². The summed E-state index contributed by atoms with van der Waals surface area (Å²) in [4.78, 5) is 10.8. The van der Waals surface area contributed by atoms with Gasteiger partial charge in [-0.05, 0) is 18.6 Å². The Labute approximate surface area is 117 Å². The third-order valence-corrected chi connectivity index (χ3v) is 3.70. The van der Waals surface area contributed by atoms with Gasteiger partial charge < -0.3 is 4.74 Å². The number of hydrogen-bond acceptors (Lipinski definition) is 4. The first-order chi connectivity index (χ1) is 8.27. The van der Waals surface area contributed by atoms with E-state index in [0.29, 0.717) is 6.42 Å². The molecule has 1 aromatic carbocycles. The second-order valence-corrected chi connectivity index (χ2v) is 6.79. The van der Waals surface area contributed by atoms with Gasteiger partial charge in [0, 0.05) is 15.2 Å². The molecule has 0 amide bonds. The summed E-state index contributed by atoms with van der Waals surface area (Å²) in [5, 5.41) is 0. The standard InChI is InChI=1S/C10H9BrClFO4S/c1-2-3-17-10(14)7-4-6(11)5-8(9(7)13)18(12,15)16/h4-5H,2-3H2,1H3. The zero-order valence-electron chi connectivity index (χ0n) is 9.24. The zero-order valence-corrected chi connectivity index (χ0v) is 12.4. The third-order valence-electron chi connectivity index (χ3n) is 1.92.